The molecule has 152 valence electrons. The van der Waals surface area contributed by atoms with Crippen molar-refractivity contribution in [2.24, 2.45) is 0 Å². The molecule has 0 amide bonds. The first-order valence-corrected chi connectivity index (χ1v) is 9.08. The Bertz CT molecular complexity index is 1000. The fourth-order valence-corrected chi connectivity index (χ4v) is 4.15. The molecule has 28 heavy (non-hydrogen) atoms. The fraction of sp³-hybridized carbons (Fsp3) is 0.250. The van der Waals surface area contributed by atoms with Crippen LogP contribution in [0.4, 0.5) is 26.3 Å². The lowest BCUT2D eigenvalue weighted by Gasteiger charge is -2.23. The maximum atomic E-state index is 14.1. The van der Waals surface area contributed by atoms with Gasteiger partial charge in [0.15, 0.2) is 0 Å². The average Bonchev–Trinajstić information content (AvgIpc) is 3.05. The fourth-order valence-electron chi connectivity index (χ4n) is 2.78. The highest BCUT2D eigenvalue weighted by atomic mass is 32.2. The lowest BCUT2D eigenvalue weighted by Crippen LogP contribution is -2.34. The van der Waals surface area contributed by atoms with Crippen molar-refractivity contribution in [1.29, 1.82) is 0 Å². The highest BCUT2D eigenvalue weighted by Gasteiger charge is 2.46. The van der Waals surface area contributed by atoms with E-state index in [0.29, 0.717) is 0 Å². The maximum absolute atomic E-state index is 14.1. The van der Waals surface area contributed by atoms with E-state index < -0.39 is 68.7 Å². The molecule has 2 unspecified atom stereocenters. The van der Waals surface area contributed by atoms with Gasteiger partial charge in [0.25, 0.3) is 0 Å². The van der Waals surface area contributed by atoms with Gasteiger partial charge in [-0.2, -0.15) is 22.3 Å². The highest BCUT2D eigenvalue weighted by molar-refractivity contribution is 7.87. The van der Waals surface area contributed by atoms with E-state index in [0.717, 1.165) is 11.1 Å². The summed E-state index contributed by atoms with van der Waals surface area (Å²) >= 11 is 0. The molecule has 0 aliphatic carbocycles. The molecule has 1 fully saturated rings. The van der Waals surface area contributed by atoms with Crippen molar-refractivity contribution in [3.8, 4) is 5.75 Å². The Hall–Kier alpha value is -2.31. The monoisotopic (exact) mass is 427 g/mol. The lowest BCUT2D eigenvalue weighted by molar-refractivity contribution is -0.111. The molecule has 1 saturated heterocycles. The number of hydrogen-bond acceptors (Lipinski definition) is 5. The Balaban J connectivity index is 2.03. The van der Waals surface area contributed by atoms with Crippen LogP contribution < -0.4 is 4.18 Å². The van der Waals surface area contributed by atoms with Crippen molar-refractivity contribution in [2.75, 3.05) is 13.7 Å². The molecular weight excluding hydrogens is 416 g/mol. The summed E-state index contributed by atoms with van der Waals surface area (Å²) in [7, 11) is -3.74. The van der Waals surface area contributed by atoms with Gasteiger partial charge in [-0.15, -0.1) is 0 Å². The minimum atomic E-state index is -5.02. The molecule has 0 N–H and O–H groups in total. The molecule has 0 radical (unpaired) electrons. The summed E-state index contributed by atoms with van der Waals surface area (Å²) in [5.74, 6) is -14.9. The van der Waals surface area contributed by atoms with Crippen LogP contribution in [0.15, 0.2) is 24.3 Å². The molecule has 3 rings (SSSR count). The predicted octanol–water partition coefficient (Wildman–Crippen LogP) is 3.22. The first-order chi connectivity index (χ1) is 13.1. The van der Waals surface area contributed by atoms with Crippen LogP contribution in [0.25, 0.3) is 0 Å². The summed E-state index contributed by atoms with van der Waals surface area (Å²) < 4.78 is 111. The van der Waals surface area contributed by atoms with Crippen LogP contribution in [0.1, 0.15) is 11.6 Å². The molecule has 1 heterocycles. The lowest BCUT2D eigenvalue weighted by atomic mass is 10.0. The molecule has 0 saturated carbocycles. The molecule has 0 spiro atoms. The Morgan fingerprint density at radius 1 is 0.964 bits per heavy atom. The zero-order chi connectivity index (χ0) is 20.8. The van der Waals surface area contributed by atoms with Gasteiger partial charge in [0.05, 0.1) is 12.6 Å². The van der Waals surface area contributed by atoms with E-state index in [1.165, 1.54) is 25.2 Å². The maximum Gasteiger partial charge on any atom is 0.316 e. The van der Waals surface area contributed by atoms with E-state index >= 15 is 0 Å². The van der Waals surface area contributed by atoms with E-state index in [-0.39, 0.29) is 5.56 Å². The summed E-state index contributed by atoms with van der Waals surface area (Å²) in [5.41, 5.74) is -0.128. The third-order valence-corrected chi connectivity index (χ3v) is 5.68. The van der Waals surface area contributed by atoms with Gasteiger partial charge in [0.2, 0.25) is 34.8 Å². The molecule has 2 aromatic carbocycles. The normalized spacial score (nSPS) is 20.5. The van der Waals surface area contributed by atoms with Crippen LogP contribution in [-0.4, -0.2) is 32.4 Å². The van der Waals surface area contributed by atoms with E-state index in [1.807, 2.05) is 0 Å². The van der Waals surface area contributed by atoms with Gasteiger partial charge in [-0.3, -0.25) is 4.84 Å². The zero-order valence-corrected chi connectivity index (χ0v) is 14.7. The summed E-state index contributed by atoms with van der Waals surface area (Å²) in [5, 5.41) is -0.730. The number of hydrogen-bond donors (Lipinski definition) is 0. The molecule has 1 aliphatic rings. The number of rotatable bonds is 4. The number of halogens is 6. The average molecular weight is 427 g/mol. The summed E-state index contributed by atoms with van der Waals surface area (Å²) in [6.07, 6.45) is 0. The predicted molar refractivity (Wildman–Crippen MR) is 82.4 cm³/mol. The van der Waals surface area contributed by atoms with Crippen LogP contribution in [0.3, 0.4) is 0 Å². The second kappa shape index (κ2) is 7.26. The van der Waals surface area contributed by atoms with Crippen molar-refractivity contribution in [3.63, 3.8) is 0 Å². The van der Waals surface area contributed by atoms with Crippen molar-refractivity contribution < 1.29 is 43.8 Å². The second-order valence-electron chi connectivity index (χ2n) is 5.82. The van der Waals surface area contributed by atoms with Crippen LogP contribution in [0.2, 0.25) is 0 Å². The zero-order valence-electron chi connectivity index (χ0n) is 13.9. The summed E-state index contributed by atoms with van der Waals surface area (Å²) in [4.78, 5) is 5.05. The SMILES string of the molecule is CN1OCC(S(=O)(=O)Oc2c(F)c(F)c(F)c(F)c2F)C1c1ccccc1F. The molecule has 0 bridgehead atoms. The van der Waals surface area contributed by atoms with E-state index in [9.17, 15) is 34.8 Å². The van der Waals surface area contributed by atoms with Crippen LogP contribution in [0.5, 0.6) is 5.75 Å². The Morgan fingerprint density at radius 3 is 2.07 bits per heavy atom. The topological polar surface area (TPSA) is 55.8 Å². The van der Waals surface area contributed by atoms with Crippen molar-refractivity contribution >= 4 is 10.1 Å². The van der Waals surface area contributed by atoms with Gasteiger partial charge in [-0.25, -0.2) is 17.6 Å². The molecule has 2 atom stereocenters. The van der Waals surface area contributed by atoms with Crippen molar-refractivity contribution in [3.05, 3.63) is 64.7 Å². The molecule has 2 aromatic rings. The third-order valence-electron chi connectivity index (χ3n) is 4.15. The quantitative estimate of drug-likeness (QED) is 0.325. The number of benzene rings is 2. The van der Waals surface area contributed by atoms with E-state index in [4.69, 9.17) is 4.84 Å². The number of nitrogens with zero attached hydrogens (tertiary/aromatic N) is 1. The van der Waals surface area contributed by atoms with Crippen LogP contribution >= 0.6 is 0 Å². The second-order valence-corrected chi connectivity index (χ2v) is 7.58. The molecule has 1 aliphatic heterocycles. The van der Waals surface area contributed by atoms with Crippen LogP contribution in [-0.2, 0) is 15.0 Å². The summed E-state index contributed by atoms with van der Waals surface area (Å²) in [6, 6.07) is 3.78. The Morgan fingerprint density at radius 2 is 1.50 bits per heavy atom. The van der Waals surface area contributed by atoms with Crippen molar-refractivity contribution in [2.45, 2.75) is 11.3 Å². The minimum absolute atomic E-state index is 0.128. The van der Waals surface area contributed by atoms with Gasteiger partial charge in [-0.1, -0.05) is 18.2 Å². The van der Waals surface area contributed by atoms with Gasteiger partial charge in [0, 0.05) is 12.6 Å². The van der Waals surface area contributed by atoms with Crippen molar-refractivity contribution in [1.82, 2.24) is 5.06 Å². The Labute approximate surface area is 155 Å². The summed E-state index contributed by atoms with van der Waals surface area (Å²) in [6.45, 7) is -0.604. The van der Waals surface area contributed by atoms with E-state index in [2.05, 4.69) is 4.18 Å². The third kappa shape index (κ3) is 3.31. The molecule has 0 aromatic heterocycles. The first-order valence-electron chi connectivity index (χ1n) is 7.61. The first kappa shape index (κ1) is 20.4. The molecule has 5 nitrogen and oxygen atoms in total. The number of hydroxylamine groups is 2. The van der Waals surface area contributed by atoms with E-state index in [1.54, 1.807) is 0 Å². The van der Waals surface area contributed by atoms with Crippen LogP contribution in [0, 0.1) is 34.9 Å². The van der Waals surface area contributed by atoms with Gasteiger partial charge in [-0.05, 0) is 6.07 Å². The van der Waals surface area contributed by atoms with Gasteiger partial charge >= 0.3 is 10.1 Å². The standard InChI is InChI=1S/C16H11F6NO4S/c1-23-15(7-4-2-3-5-8(7)17)9(6-26-23)28(24,25)27-16-13(21)11(19)10(18)12(20)14(16)22/h2-5,9,15H,6H2,1H3. The smallest absolute Gasteiger partial charge is 0.316 e. The highest BCUT2D eigenvalue weighted by Crippen LogP contribution is 2.37. The Kier molecular flexibility index (Phi) is 5.30. The largest absolute Gasteiger partial charge is 0.376 e. The minimum Gasteiger partial charge on any atom is -0.376 e. The van der Waals surface area contributed by atoms with Gasteiger partial charge in [0.1, 0.15) is 11.1 Å². The molecular formula is C16H11F6NO4S. The molecule has 12 heteroatoms. The van der Waals surface area contributed by atoms with Gasteiger partial charge < -0.3 is 4.18 Å².